The van der Waals surface area contributed by atoms with Crippen molar-refractivity contribution in [1.29, 1.82) is 0 Å². The van der Waals surface area contributed by atoms with Gasteiger partial charge in [-0.05, 0) is 43.8 Å². The van der Waals surface area contributed by atoms with Gasteiger partial charge in [-0.15, -0.1) is 0 Å². The zero-order chi connectivity index (χ0) is 8.27. The molecule has 11 heavy (non-hydrogen) atoms. The fourth-order valence-electron chi connectivity index (χ4n) is 1.50. The van der Waals surface area contributed by atoms with E-state index in [9.17, 15) is 4.39 Å². The Morgan fingerprint density at radius 3 is 2.55 bits per heavy atom. The monoisotopic (exact) mass is 155 g/mol. The Labute approximate surface area is 66.8 Å². The summed E-state index contributed by atoms with van der Waals surface area (Å²) < 4.78 is 12.2. The van der Waals surface area contributed by atoms with Gasteiger partial charge in [0.1, 0.15) is 0 Å². The highest BCUT2D eigenvalue weighted by molar-refractivity contribution is 5.34. The summed E-state index contributed by atoms with van der Waals surface area (Å²) in [6, 6.07) is 0. The van der Waals surface area contributed by atoms with Crippen molar-refractivity contribution in [2.24, 2.45) is 5.73 Å². The summed E-state index contributed by atoms with van der Waals surface area (Å²) >= 11 is 0. The molecule has 0 aromatic rings. The summed E-state index contributed by atoms with van der Waals surface area (Å²) in [6.07, 6.45) is 4.72. The topological polar surface area (TPSA) is 26.0 Å². The lowest BCUT2D eigenvalue weighted by molar-refractivity contribution is 0.635. The molecule has 0 spiro atoms. The van der Waals surface area contributed by atoms with Gasteiger partial charge < -0.3 is 5.73 Å². The largest absolute Gasteiger partial charge is 0.402 e. The van der Waals surface area contributed by atoms with Crippen molar-refractivity contribution in [2.45, 2.75) is 32.6 Å². The van der Waals surface area contributed by atoms with Crippen LogP contribution in [0.1, 0.15) is 32.6 Å². The van der Waals surface area contributed by atoms with Crippen molar-refractivity contribution in [3.05, 3.63) is 23.2 Å². The number of hydrogen-bond donors (Lipinski definition) is 1. The zero-order valence-corrected chi connectivity index (χ0v) is 6.86. The van der Waals surface area contributed by atoms with E-state index in [1.807, 2.05) is 6.92 Å². The fraction of sp³-hybridized carbons (Fsp3) is 0.556. The molecule has 0 amide bonds. The van der Waals surface area contributed by atoms with Gasteiger partial charge in [-0.25, -0.2) is 4.39 Å². The van der Waals surface area contributed by atoms with Gasteiger partial charge in [-0.2, -0.15) is 0 Å². The maximum atomic E-state index is 12.2. The Balaban J connectivity index is 2.84. The van der Waals surface area contributed by atoms with Crippen LogP contribution in [0.4, 0.5) is 4.39 Å². The maximum absolute atomic E-state index is 12.2. The van der Waals surface area contributed by atoms with Gasteiger partial charge in [0.2, 0.25) is 0 Å². The van der Waals surface area contributed by atoms with E-state index in [1.165, 1.54) is 0 Å². The lowest BCUT2D eigenvalue weighted by atomic mass is 9.89. The first-order valence-corrected chi connectivity index (χ1v) is 4.00. The van der Waals surface area contributed by atoms with Crippen LogP contribution in [0.2, 0.25) is 0 Å². The molecule has 1 aliphatic carbocycles. The molecular formula is C9H14FN. The second-order valence-electron chi connectivity index (χ2n) is 3.00. The van der Waals surface area contributed by atoms with E-state index in [0.29, 0.717) is 6.33 Å². The Morgan fingerprint density at radius 1 is 1.45 bits per heavy atom. The zero-order valence-electron chi connectivity index (χ0n) is 6.86. The van der Waals surface area contributed by atoms with Gasteiger partial charge in [0.25, 0.3) is 0 Å². The Morgan fingerprint density at radius 2 is 2.09 bits per heavy atom. The highest BCUT2D eigenvalue weighted by Crippen LogP contribution is 2.29. The van der Waals surface area contributed by atoms with Gasteiger partial charge >= 0.3 is 0 Å². The second-order valence-corrected chi connectivity index (χ2v) is 3.00. The molecule has 0 heterocycles. The Hall–Kier alpha value is -0.790. The summed E-state index contributed by atoms with van der Waals surface area (Å²) in [5.41, 5.74) is 8.21. The van der Waals surface area contributed by atoms with Crippen LogP contribution in [0.25, 0.3) is 0 Å². The van der Waals surface area contributed by atoms with E-state index >= 15 is 0 Å². The van der Waals surface area contributed by atoms with Gasteiger partial charge in [0, 0.05) is 5.70 Å². The number of hydrogen-bond acceptors (Lipinski definition) is 1. The van der Waals surface area contributed by atoms with E-state index in [2.05, 4.69) is 0 Å². The average Bonchev–Trinajstić information content (AvgIpc) is 2.04. The van der Waals surface area contributed by atoms with Crippen molar-refractivity contribution >= 4 is 0 Å². The van der Waals surface area contributed by atoms with E-state index in [4.69, 9.17) is 5.73 Å². The first-order valence-electron chi connectivity index (χ1n) is 4.00. The molecule has 0 aromatic carbocycles. The van der Waals surface area contributed by atoms with Crippen molar-refractivity contribution < 1.29 is 4.39 Å². The van der Waals surface area contributed by atoms with Crippen LogP contribution >= 0.6 is 0 Å². The molecule has 1 rings (SSSR count). The second kappa shape index (κ2) is 3.56. The first-order chi connectivity index (χ1) is 5.25. The molecule has 0 radical (unpaired) electrons. The lowest BCUT2D eigenvalue weighted by Crippen LogP contribution is -2.05. The summed E-state index contributed by atoms with van der Waals surface area (Å²) in [5, 5.41) is 0. The van der Waals surface area contributed by atoms with Gasteiger partial charge in [-0.1, -0.05) is 0 Å². The minimum atomic E-state index is 0.699. The molecular weight excluding hydrogens is 141 g/mol. The standard InChI is InChI=1S/C9H14FN/c1-7(11)9-5-3-2-4-8(9)6-10/h6H,2-5,11H2,1H3/b8-6-,9-7-. The number of allylic oxidation sites excluding steroid dienone is 3. The molecule has 2 heteroatoms. The molecule has 1 fully saturated rings. The Kier molecular flexibility index (Phi) is 2.69. The molecule has 0 aliphatic heterocycles. The summed E-state index contributed by atoms with van der Waals surface area (Å²) in [4.78, 5) is 0. The van der Waals surface area contributed by atoms with E-state index in [-0.39, 0.29) is 0 Å². The predicted octanol–water partition coefficient (Wildman–Crippen LogP) is 2.65. The van der Waals surface area contributed by atoms with Crippen LogP contribution in [-0.2, 0) is 0 Å². The highest BCUT2D eigenvalue weighted by atomic mass is 19.1. The normalized spacial score (nSPS) is 27.3. The predicted molar refractivity (Wildman–Crippen MR) is 44.5 cm³/mol. The van der Waals surface area contributed by atoms with Crippen molar-refractivity contribution in [2.75, 3.05) is 0 Å². The Bertz CT molecular complexity index is 200. The molecule has 1 nitrogen and oxygen atoms in total. The van der Waals surface area contributed by atoms with Gasteiger partial charge in [0.15, 0.2) is 0 Å². The maximum Gasteiger partial charge on any atom is 0.0902 e. The van der Waals surface area contributed by atoms with Crippen molar-refractivity contribution in [3.8, 4) is 0 Å². The van der Waals surface area contributed by atoms with E-state index < -0.39 is 0 Å². The van der Waals surface area contributed by atoms with E-state index in [1.54, 1.807) is 0 Å². The van der Waals surface area contributed by atoms with E-state index in [0.717, 1.165) is 42.5 Å². The molecule has 0 unspecified atom stereocenters. The van der Waals surface area contributed by atoms with Crippen molar-refractivity contribution in [3.63, 3.8) is 0 Å². The third-order valence-corrected chi connectivity index (χ3v) is 2.12. The molecule has 0 atom stereocenters. The smallest absolute Gasteiger partial charge is 0.0902 e. The van der Waals surface area contributed by atoms with Crippen molar-refractivity contribution in [1.82, 2.24) is 0 Å². The summed E-state index contributed by atoms with van der Waals surface area (Å²) in [5.74, 6) is 0. The number of nitrogens with two attached hydrogens (primary N) is 1. The number of halogens is 1. The lowest BCUT2D eigenvalue weighted by Gasteiger charge is -2.17. The summed E-state index contributed by atoms with van der Waals surface area (Å²) in [7, 11) is 0. The third-order valence-electron chi connectivity index (χ3n) is 2.12. The fourth-order valence-corrected chi connectivity index (χ4v) is 1.50. The van der Waals surface area contributed by atoms with Crippen LogP contribution in [-0.4, -0.2) is 0 Å². The van der Waals surface area contributed by atoms with Crippen LogP contribution < -0.4 is 5.73 Å². The third kappa shape index (κ3) is 1.82. The van der Waals surface area contributed by atoms with Crippen LogP contribution in [0, 0.1) is 0 Å². The quantitative estimate of drug-likeness (QED) is 0.571. The van der Waals surface area contributed by atoms with Crippen LogP contribution in [0.15, 0.2) is 23.2 Å². The molecule has 0 aromatic heterocycles. The SMILES string of the molecule is C/C(N)=C1\CCCC\C1=C\F. The van der Waals surface area contributed by atoms with Gasteiger partial charge in [0.05, 0.1) is 6.33 Å². The molecule has 0 bridgehead atoms. The van der Waals surface area contributed by atoms with Crippen LogP contribution in [0.3, 0.4) is 0 Å². The molecule has 2 N–H and O–H groups in total. The molecule has 1 aliphatic rings. The highest BCUT2D eigenvalue weighted by Gasteiger charge is 2.12. The molecule has 62 valence electrons. The average molecular weight is 155 g/mol. The molecule has 1 saturated carbocycles. The number of rotatable bonds is 0. The minimum absolute atomic E-state index is 0.699. The summed E-state index contributed by atoms with van der Waals surface area (Å²) in [6.45, 7) is 1.84. The van der Waals surface area contributed by atoms with Crippen LogP contribution in [0.5, 0.6) is 0 Å². The molecule has 0 saturated heterocycles. The minimum Gasteiger partial charge on any atom is -0.402 e. The first kappa shape index (κ1) is 8.31. The van der Waals surface area contributed by atoms with Gasteiger partial charge in [-0.3, -0.25) is 0 Å².